The number of halogens is 2. The molecule has 1 aliphatic rings. The molecule has 1 aromatic carbocycles. The maximum Gasteiger partial charge on any atom is 0.274 e. The molecule has 156 valence electrons. The molecule has 0 unspecified atom stereocenters. The predicted molar refractivity (Wildman–Crippen MR) is 103 cm³/mol. The lowest BCUT2D eigenvalue weighted by Crippen LogP contribution is -2.61. The molecular formula is C18H16F2N6O3S. The fourth-order valence-electron chi connectivity index (χ4n) is 2.97. The predicted octanol–water partition coefficient (Wildman–Crippen LogP) is 1.50. The number of benzene rings is 1. The van der Waals surface area contributed by atoms with Gasteiger partial charge in [0, 0.05) is 30.6 Å². The molecule has 1 aliphatic heterocycles. The van der Waals surface area contributed by atoms with Crippen LogP contribution in [0.4, 0.5) is 14.5 Å². The molecule has 1 saturated heterocycles. The zero-order valence-electron chi connectivity index (χ0n) is 15.8. The highest BCUT2D eigenvalue weighted by Gasteiger charge is 2.44. The molecule has 2 heterocycles. The second kappa shape index (κ2) is 7.34. The number of anilines is 1. The Morgan fingerprint density at radius 1 is 1.40 bits per heavy atom. The monoisotopic (exact) mass is 434 g/mol. The average molecular weight is 434 g/mol. The zero-order chi connectivity index (χ0) is 22.3. The van der Waals surface area contributed by atoms with Crippen LogP contribution in [0, 0.1) is 28.4 Å². The molecule has 2 aromatic rings. The van der Waals surface area contributed by atoms with Gasteiger partial charge in [-0.1, -0.05) is 0 Å². The Labute approximate surface area is 170 Å². The summed E-state index contributed by atoms with van der Waals surface area (Å²) in [6.07, 6.45) is 1.19. The van der Waals surface area contributed by atoms with E-state index in [0.717, 1.165) is 12.1 Å². The third-order valence-corrected chi connectivity index (χ3v) is 6.56. The van der Waals surface area contributed by atoms with Gasteiger partial charge in [0.1, 0.15) is 11.8 Å². The third kappa shape index (κ3) is 3.79. The molecule has 3 N–H and O–H groups in total. The maximum atomic E-state index is 14.6. The minimum absolute atomic E-state index is 0.0618. The van der Waals surface area contributed by atoms with E-state index in [-0.39, 0.29) is 22.5 Å². The molecule has 1 atom stereocenters. The van der Waals surface area contributed by atoms with Crippen molar-refractivity contribution in [1.82, 2.24) is 14.6 Å². The van der Waals surface area contributed by atoms with Gasteiger partial charge in [-0.05, 0) is 25.1 Å². The molecule has 1 aromatic heterocycles. The zero-order valence-corrected chi connectivity index (χ0v) is 16.6. The number of amides is 1. The summed E-state index contributed by atoms with van der Waals surface area (Å²) in [6.45, 7) is 1.32. The van der Waals surface area contributed by atoms with E-state index < -0.39 is 44.8 Å². The topological polar surface area (TPSA) is 139 Å². The minimum atomic E-state index is -3.95. The summed E-state index contributed by atoms with van der Waals surface area (Å²) in [7, 11) is -2.78. The summed E-state index contributed by atoms with van der Waals surface area (Å²) >= 11 is 0. The van der Waals surface area contributed by atoms with Crippen molar-refractivity contribution in [1.29, 1.82) is 10.7 Å². The summed E-state index contributed by atoms with van der Waals surface area (Å²) in [5.74, 6) is -4.48. The number of nitrogens with zero attached hydrogens (tertiary/aromatic N) is 3. The second-order valence-electron chi connectivity index (χ2n) is 6.85. The number of sulfonamides is 1. The number of nitriles is 1. The molecule has 1 fully saturated rings. The lowest BCUT2D eigenvalue weighted by Gasteiger charge is -2.40. The first-order valence-electron chi connectivity index (χ1n) is 8.47. The fourth-order valence-corrected chi connectivity index (χ4v) is 4.45. The number of rotatable bonds is 3. The molecule has 3 rings (SSSR count). The number of guanidine groups is 1. The molecular weight excluding hydrogens is 418 g/mol. The fraction of sp³-hybridized carbons (Fsp3) is 0.222. The van der Waals surface area contributed by atoms with Gasteiger partial charge in [0.25, 0.3) is 5.91 Å². The lowest BCUT2D eigenvalue weighted by molar-refractivity contribution is 0.102. The van der Waals surface area contributed by atoms with Crippen molar-refractivity contribution >= 4 is 27.6 Å². The minimum Gasteiger partial charge on any atom is -0.345 e. The van der Waals surface area contributed by atoms with Crippen LogP contribution in [0.1, 0.15) is 28.5 Å². The highest BCUT2D eigenvalue weighted by atomic mass is 32.2. The number of hydrogen-bond acceptors (Lipinski definition) is 6. The van der Waals surface area contributed by atoms with Crippen LogP contribution in [-0.2, 0) is 15.6 Å². The highest BCUT2D eigenvalue weighted by Crippen LogP contribution is 2.32. The van der Waals surface area contributed by atoms with Gasteiger partial charge in [0.2, 0.25) is 16.0 Å². The number of pyridine rings is 1. The third-order valence-electron chi connectivity index (χ3n) is 4.60. The molecule has 1 amide bonds. The van der Waals surface area contributed by atoms with Gasteiger partial charge in [-0.15, -0.1) is 0 Å². The molecule has 9 nitrogen and oxygen atoms in total. The molecule has 0 saturated carbocycles. The second-order valence-corrected chi connectivity index (χ2v) is 8.85. The average Bonchev–Trinajstić information content (AvgIpc) is 2.68. The normalized spacial score (nSPS) is 20.2. The first-order valence-corrected chi connectivity index (χ1v) is 10.1. The van der Waals surface area contributed by atoms with E-state index in [1.807, 2.05) is 6.07 Å². The van der Waals surface area contributed by atoms with Crippen LogP contribution in [0.5, 0.6) is 0 Å². The van der Waals surface area contributed by atoms with E-state index in [1.165, 1.54) is 32.3 Å². The first kappa shape index (κ1) is 21.1. The molecule has 30 heavy (non-hydrogen) atoms. The number of nitrogens with one attached hydrogen (secondary N) is 3. The van der Waals surface area contributed by atoms with Gasteiger partial charge in [-0.2, -0.15) is 5.26 Å². The van der Waals surface area contributed by atoms with Crippen molar-refractivity contribution in [3.63, 3.8) is 0 Å². The Morgan fingerprint density at radius 3 is 2.67 bits per heavy atom. The van der Waals surface area contributed by atoms with Crippen molar-refractivity contribution in [3.05, 3.63) is 58.9 Å². The van der Waals surface area contributed by atoms with Gasteiger partial charge >= 0.3 is 0 Å². The van der Waals surface area contributed by atoms with Gasteiger partial charge in [-0.25, -0.2) is 26.5 Å². The summed E-state index contributed by atoms with van der Waals surface area (Å²) in [5.41, 5.74) is -1.97. The quantitative estimate of drug-likeness (QED) is 0.669. The maximum absolute atomic E-state index is 14.6. The van der Waals surface area contributed by atoms with E-state index in [2.05, 4.69) is 15.6 Å². The summed E-state index contributed by atoms with van der Waals surface area (Å²) in [6, 6.07) is 6.37. The summed E-state index contributed by atoms with van der Waals surface area (Å²) < 4.78 is 54.2. The highest BCUT2D eigenvalue weighted by molar-refractivity contribution is 7.89. The van der Waals surface area contributed by atoms with Gasteiger partial charge < -0.3 is 10.6 Å². The Morgan fingerprint density at radius 2 is 2.10 bits per heavy atom. The van der Waals surface area contributed by atoms with Crippen molar-refractivity contribution in [2.24, 2.45) is 0 Å². The van der Waals surface area contributed by atoms with Gasteiger partial charge in [0.05, 0.1) is 16.9 Å². The van der Waals surface area contributed by atoms with Crippen molar-refractivity contribution in [2.75, 3.05) is 18.1 Å². The smallest absolute Gasteiger partial charge is 0.274 e. The van der Waals surface area contributed by atoms with Crippen LogP contribution in [-0.4, -0.2) is 42.4 Å². The summed E-state index contributed by atoms with van der Waals surface area (Å²) in [5, 5.41) is 21.5. The van der Waals surface area contributed by atoms with Gasteiger partial charge in [0.15, 0.2) is 11.6 Å². The molecule has 12 heteroatoms. The van der Waals surface area contributed by atoms with Crippen LogP contribution in [0.15, 0.2) is 30.5 Å². The number of carbonyl (C=O) groups excluding carboxylic acids is 1. The Bertz CT molecular complexity index is 1190. The Hall–Kier alpha value is -3.59. The van der Waals surface area contributed by atoms with Crippen LogP contribution >= 0.6 is 0 Å². The molecule has 0 radical (unpaired) electrons. The van der Waals surface area contributed by atoms with Gasteiger partial charge in [-0.3, -0.25) is 10.2 Å². The largest absolute Gasteiger partial charge is 0.345 e. The van der Waals surface area contributed by atoms with E-state index in [1.54, 1.807) is 0 Å². The molecule has 0 bridgehead atoms. The van der Waals surface area contributed by atoms with Crippen LogP contribution < -0.4 is 10.6 Å². The summed E-state index contributed by atoms with van der Waals surface area (Å²) in [4.78, 5) is 16.2. The number of aromatic nitrogens is 1. The Balaban J connectivity index is 1.97. The molecule has 0 aliphatic carbocycles. The van der Waals surface area contributed by atoms with E-state index in [0.29, 0.717) is 4.31 Å². The van der Waals surface area contributed by atoms with Crippen molar-refractivity contribution in [2.45, 2.75) is 12.5 Å². The standard InChI is InChI=1S/C18H16F2N6O3S/c1-18(9-30(28,29)26(2)17(22)25-18)12-5-11(6-13(19)15(12)20)24-16(27)14-4-3-10(7-21)8-23-14/h3-6,8H,9H2,1-2H3,(H2,22,25)(H,24,27)/t18-/m0/s1. The van der Waals surface area contributed by atoms with Crippen LogP contribution in [0.2, 0.25) is 0 Å². The van der Waals surface area contributed by atoms with E-state index in [9.17, 15) is 22.0 Å². The lowest BCUT2D eigenvalue weighted by atomic mass is 9.92. The SMILES string of the molecule is CN1C(=N)N[C@](C)(c2cc(NC(=O)c3ccc(C#N)cn3)cc(F)c2F)CS1(=O)=O. The first-order chi connectivity index (χ1) is 14.0. The van der Waals surface area contributed by atoms with Crippen LogP contribution in [0.25, 0.3) is 0 Å². The van der Waals surface area contributed by atoms with E-state index in [4.69, 9.17) is 10.7 Å². The van der Waals surface area contributed by atoms with E-state index >= 15 is 0 Å². The number of carbonyl (C=O) groups is 1. The number of hydrogen-bond donors (Lipinski definition) is 3. The Kier molecular flexibility index (Phi) is 5.17. The van der Waals surface area contributed by atoms with Crippen molar-refractivity contribution < 1.29 is 22.0 Å². The van der Waals surface area contributed by atoms with Crippen LogP contribution in [0.3, 0.4) is 0 Å². The van der Waals surface area contributed by atoms with Crippen molar-refractivity contribution in [3.8, 4) is 6.07 Å². The molecule has 0 spiro atoms.